The number of anilines is 1. The summed E-state index contributed by atoms with van der Waals surface area (Å²) in [5, 5.41) is 15.2. The highest BCUT2D eigenvalue weighted by Gasteiger charge is 2.50. The highest BCUT2D eigenvalue weighted by Crippen LogP contribution is 2.58. The Morgan fingerprint density at radius 1 is 0.833 bits per heavy atom. The molecule has 0 aliphatic carbocycles. The molecule has 280 valence electrons. The Morgan fingerprint density at radius 2 is 1.31 bits per heavy atom. The fraction of sp³-hybridized carbons (Fsp3) is 0.262. The number of ether oxygens (including phenoxy) is 2. The molecule has 1 aliphatic heterocycles. The van der Waals surface area contributed by atoms with Crippen LogP contribution in [0.4, 0.5) is 5.82 Å². The number of amides is 1. The summed E-state index contributed by atoms with van der Waals surface area (Å²) in [4.78, 5) is 30.7. The van der Waals surface area contributed by atoms with Crippen LogP contribution in [0.3, 0.4) is 0 Å². The molecule has 0 unspecified atom stereocenters. The zero-order valence-corrected chi connectivity index (χ0v) is 31.4. The number of nitrogens with one attached hydrogen (secondary N) is 1. The van der Waals surface area contributed by atoms with Crippen LogP contribution in [0, 0.1) is 0 Å². The molecule has 0 bridgehead atoms. The maximum absolute atomic E-state index is 14.4. The summed E-state index contributed by atoms with van der Waals surface area (Å²) in [6.45, 7) is 6.60. The highest BCUT2D eigenvalue weighted by atomic mass is 31.2. The van der Waals surface area contributed by atoms with Crippen LogP contribution in [0.1, 0.15) is 54.7 Å². The Labute approximate surface area is 314 Å². The van der Waals surface area contributed by atoms with Gasteiger partial charge in [-0.2, -0.15) is 4.98 Å². The molecule has 2 N–H and O–H groups in total. The van der Waals surface area contributed by atoms with Crippen LogP contribution in [-0.2, 0) is 34.4 Å². The summed E-state index contributed by atoms with van der Waals surface area (Å²) in [6.07, 6.45) is 1.65. The number of benzene rings is 4. The minimum atomic E-state index is -4.02. The number of rotatable bonds is 14. The molecule has 3 atom stereocenters. The summed E-state index contributed by atoms with van der Waals surface area (Å²) in [7, 11) is -4.02. The van der Waals surface area contributed by atoms with E-state index >= 15 is 0 Å². The van der Waals surface area contributed by atoms with Crippen molar-refractivity contribution in [1.82, 2.24) is 9.55 Å². The van der Waals surface area contributed by atoms with E-state index in [1.807, 2.05) is 91.0 Å². The Kier molecular flexibility index (Phi) is 11.9. The Hall–Kier alpha value is -5.00. The smallest absolute Gasteiger partial charge is 0.363 e. The summed E-state index contributed by atoms with van der Waals surface area (Å²) in [5.74, 6) is -1.75. The van der Waals surface area contributed by atoms with Crippen molar-refractivity contribution in [3.8, 4) is 0 Å². The van der Waals surface area contributed by atoms with Gasteiger partial charge in [0.25, 0.3) is 5.91 Å². The van der Waals surface area contributed by atoms with Gasteiger partial charge in [0, 0.05) is 11.8 Å². The molecule has 0 saturated carbocycles. The lowest BCUT2D eigenvalue weighted by Crippen LogP contribution is -2.55. The van der Waals surface area contributed by atoms with Crippen molar-refractivity contribution in [2.45, 2.75) is 63.2 Å². The molecular weight excluding hydrogens is 705 g/mol. The lowest BCUT2D eigenvalue weighted by molar-refractivity contribution is -0.180. The highest BCUT2D eigenvalue weighted by molar-refractivity contribution is 7.54. The molecule has 6 rings (SSSR count). The molecule has 11 nitrogen and oxygen atoms in total. The summed E-state index contributed by atoms with van der Waals surface area (Å²) < 4.78 is 40.7. The largest absolute Gasteiger partial charge is 0.365 e. The van der Waals surface area contributed by atoms with Crippen molar-refractivity contribution in [3.05, 3.63) is 178 Å². The van der Waals surface area contributed by atoms with E-state index in [2.05, 4.69) is 10.3 Å². The Morgan fingerprint density at radius 3 is 1.78 bits per heavy atom. The number of aliphatic hydroxyl groups is 1. The molecule has 1 aromatic heterocycles. The van der Waals surface area contributed by atoms with Crippen LogP contribution in [-0.4, -0.2) is 51.3 Å². The van der Waals surface area contributed by atoms with Crippen LogP contribution in [0.5, 0.6) is 0 Å². The molecular formula is C42H44N3O8P. The molecule has 2 heterocycles. The SMILES string of the molecule is CC(C)OP(=O)(OC(C)C)[C@@H]1C=C[C@](O)(n2ccc(NC(=O)c3ccccc3)nc2=O)[C@@H](COC(c2ccccc2)(c2ccccc2)c2ccccc2)O1. The van der Waals surface area contributed by atoms with E-state index in [0.29, 0.717) is 5.56 Å². The number of carbonyl (C=O) groups excluding carboxylic acids is 1. The average molecular weight is 750 g/mol. The van der Waals surface area contributed by atoms with E-state index in [-0.39, 0.29) is 12.4 Å². The Balaban J connectivity index is 1.45. The van der Waals surface area contributed by atoms with Crippen LogP contribution in [0.25, 0.3) is 0 Å². The number of carbonyl (C=O) groups is 1. The van der Waals surface area contributed by atoms with E-state index in [1.54, 1.807) is 58.0 Å². The van der Waals surface area contributed by atoms with Gasteiger partial charge in [0.2, 0.25) is 0 Å². The second-order valence-electron chi connectivity index (χ2n) is 13.4. The number of nitrogens with zero attached hydrogens (tertiary/aromatic N) is 2. The molecule has 0 fully saturated rings. The van der Waals surface area contributed by atoms with E-state index in [1.165, 1.54) is 24.4 Å². The normalized spacial score (nSPS) is 18.9. The van der Waals surface area contributed by atoms with Gasteiger partial charge in [-0.1, -0.05) is 109 Å². The summed E-state index contributed by atoms with van der Waals surface area (Å²) in [6, 6.07) is 38.8. The first kappa shape index (κ1) is 38.7. The zero-order chi connectivity index (χ0) is 38.3. The molecule has 12 heteroatoms. The van der Waals surface area contributed by atoms with Gasteiger partial charge in [-0.15, -0.1) is 0 Å². The second kappa shape index (κ2) is 16.6. The van der Waals surface area contributed by atoms with Crippen LogP contribution >= 0.6 is 7.60 Å². The zero-order valence-electron chi connectivity index (χ0n) is 30.5. The van der Waals surface area contributed by atoms with Crippen molar-refractivity contribution in [1.29, 1.82) is 0 Å². The quantitative estimate of drug-likeness (QED) is 0.0673. The van der Waals surface area contributed by atoms with Gasteiger partial charge in [0.05, 0.1) is 18.8 Å². The van der Waals surface area contributed by atoms with Gasteiger partial charge >= 0.3 is 13.3 Å². The first-order valence-corrected chi connectivity index (χ1v) is 19.4. The molecule has 54 heavy (non-hydrogen) atoms. The van der Waals surface area contributed by atoms with E-state index in [9.17, 15) is 19.3 Å². The minimum Gasteiger partial charge on any atom is -0.365 e. The molecule has 5 aromatic rings. The maximum atomic E-state index is 14.4. The van der Waals surface area contributed by atoms with Crippen molar-refractivity contribution < 1.29 is 33.0 Å². The van der Waals surface area contributed by atoms with E-state index < -0.39 is 54.7 Å². The summed E-state index contributed by atoms with van der Waals surface area (Å²) >= 11 is 0. The third-order valence-electron chi connectivity index (χ3n) is 8.77. The Bertz CT molecular complexity index is 2040. The minimum absolute atomic E-state index is 0.0171. The van der Waals surface area contributed by atoms with Crippen molar-refractivity contribution in [3.63, 3.8) is 0 Å². The third kappa shape index (κ3) is 8.22. The molecule has 4 aromatic carbocycles. The van der Waals surface area contributed by atoms with Gasteiger partial charge in [-0.25, -0.2) is 4.79 Å². The molecule has 0 spiro atoms. The maximum Gasteiger partial charge on any atom is 0.363 e. The first-order valence-electron chi connectivity index (χ1n) is 17.8. The van der Waals surface area contributed by atoms with Gasteiger partial charge in [-0.3, -0.25) is 13.9 Å². The van der Waals surface area contributed by atoms with Crippen LogP contribution < -0.4 is 11.0 Å². The fourth-order valence-corrected chi connectivity index (χ4v) is 8.51. The van der Waals surface area contributed by atoms with Crippen molar-refractivity contribution in [2.24, 2.45) is 0 Å². The van der Waals surface area contributed by atoms with Crippen LogP contribution in [0.2, 0.25) is 0 Å². The number of hydrogen-bond acceptors (Lipinski definition) is 9. The molecule has 0 radical (unpaired) electrons. The van der Waals surface area contributed by atoms with Gasteiger partial charge in [-0.05, 0) is 74.7 Å². The number of hydrogen-bond donors (Lipinski definition) is 2. The molecule has 0 saturated heterocycles. The number of aromatic nitrogens is 2. The predicted octanol–water partition coefficient (Wildman–Crippen LogP) is 7.47. The standard InChI is InChI=1S/C42H44N3O8P/c1-30(2)52-54(49,53-31(3)4)38-25-27-41(48,45-28-26-37(44-40(45)47)43-39(46)32-17-9-5-10-18-32)36(51-38)29-50-42(33-19-11-6-12-20-33,34-21-13-7-14-22-34)35-23-15-8-16-24-35/h5-28,30-31,36,38,48H,29H2,1-4H3,(H,43,44,46,47)/t36-,38-,41-/m1/s1. The predicted molar refractivity (Wildman–Crippen MR) is 206 cm³/mol. The first-order chi connectivity index (χ1) is 25.9. The van der Waals surface area contributed by atoms with Gasteiger partial charge in [0.1, 0.15) is 17.5 Å². The average Bonchev–Trinajstić information content (AvgIpc) is 3.16. The molecule has 1 aliphatic rings. The van der Waals surface area contributed by atoms with Crippen molar-refractivity contribution >= 4 is 19.3 Å². The lowest BCUT2D eigenvalue weighted by Gasteiger charge is -2.43. The van der Waals surface area contributed by atoms with E-state index in [0.717, 1.165) is 21.3 Å². The van der Waals surface area contributed by atoms with Gasteiger partial charge < -0.3 is 28.9 Å². The third-order valence-corrected chi connectivity index (χ3v) is 11.1. The van der Waals surface area contributed by atoms with E-state index in [4.69, 9.17) is 18.5 Å². The monoisotopic (exact) mass is 749 g/mol. The molecule has 1 amide bonds. The van der Waals surface area contributed by atoms with Crippen molar-refractivity contribution in [2.75, 3.05) is 11.9 Å². The lowest BCUT2D eigenvalue weighted by atomic mass is 9.80. The van der Waals surface area contributed by atoms with Crippen LogP contribution in [0.15, 0.2) is 151 Å². The summed E-state index contributed by atoms with van der Waals surface area (Å²) in [5.41, 5.74) is -1.58. The second-order valence-corrected chi connectivity index (χ2v) is 15.4. The van der Waals surface area contributed by atoms with Gasteiger partial charge in [0.15, 0.2) is 11.6 Å². The topological polar surface area (TPSA) is 138 Å². The fourth-order valence-electron chi connectivity index (χ4n) is 6.45.